The molecule has 3 fully saturated rings. The smallest absolute Gasteiger partial charge is 0.317 e. The maximum Gasteiger partial charge on any atom is 0.317 e. The van der Waals surface area contributed by atoms with E-state index < -0.39 is 17.9 Å². The molecule has 112 valence electrons. The number of carboxylic acids is 1. The number of nitrogens with zero attached hydrogens (tertiary/aromatic N) is 2. The minimum absolute atomic E-state index is 0.165. The van der Waals surface area contributed by atoms with E-state index in [4.69, 9.17) is 9.84 Å². The zero-order valence-corrected chi connectivity index (χ0v) is 11.5. The molecule has 2 unspecified atom stereocenters. The van der Waals surface area contributed by atoms with Crippen molar-refractivity contribution in [3.05, 3.63) is 0 Å². The Labute approximate surface area is 117 Å². The molecule has 1 aliphatic carbocycles. The maximum atomic E-state index is 12.2. The van der Waals surface area contributed by atoms with Gasteiger partial charge in [-0.2, -0.15) is 0 Å². The molecule has 0 aromatic heterocycles. The second-order valence-electron chi connectivity index (χ2n) is 5.79. The van der Waals surface area contributed by atoms with Crippen LogP contribution in [-0.2, 0) is 9.53 Å². The van der Waals surface area contributed by atoms with Crippen LogP contribution < -0.4 is 5.32 Å². The first-order valence-corrected chi connectivity index (χ1v) is 7.25. The molecule has 0 radical (unpaired) electrons. The average Bonchev–Trinajstić information content (AvgIpc) is 3.19. The molecule has 7 heteroatoms. The molecule has 2 heterocycles. The van der Waals surface area contributed by atoms with Crippen LogP contribution in [0.5, 0.6) is 0 Å². The molecule has 2 N–H and O–H groups in total. The summed E-state index contributed by atoms with van der Waals surface area (Å²) < 4.78 is 5.15. The van der Waals surface area contributed by atoms with Gasteiger partial charge in [0.25, 0.3) is 0 Å². The number of nitrogens with one attached hydrogen (secondary N) is 1. The van der Waals surface area contributed by atoms with Crippen LogP contribution in [0.4, 0.5) is 4.79 Å². The molecule has 2 saturated heterocycles. The lowest BCUT2D eigenvalue weighted by atomic mass is 10.0. The first-order chi connectivity index (χ1) is 9.65. The summed E-state index contributed by atoms with van der Waals surface area (Å²) in [7, 11) is 0. The van der Waals surface area contributed by atoms with Gasteiger partial charge in [-0.05, 0) is 12.8 Å². The summed E-state index contributed by atoms with van der Waals surface area (Å²) in [4.78, 5) is 27.4. The Morgan fingerprint density at radius 2 is 1.80 bits per heavy atom. The van der Waals surface area contributed by atoms with Gasteiger partial charge in [-0.1, -0.05) is 0 Å². The second-order valence-corrected chi connectivity index (χ2v) is 5.79. The van der Waals surface area contributed by atoms with Crippen molar-refractivity contribution < 1.29 is 19.4 Å². The summed E-state index contributed by atoms with van der Waals surface area (Å²) in [5.41, 5.74) is 0. The lowest BCUT2D eigenvalue weighted by Gasteiger charge is -2.35. The number of carboxylic acid groups (broad SMARTS) is 1. The normalized spacial score (nSPS) is 31.3. The van der Waals surface area contributed by atoms with Crippen molar-refractivity contribution in [3.63, 3.8) is 0 Å². The highest BCUT2D eigenvalue weighted by Gasteiger charge is 2.37. The first-order valence-electron chi connectivity index (χ1n) is 7.25. The number of urea groups is 1. The van der Waals surface area contributed by atoms with E-state index in [9.17, 15) is 9.59 Å². The minimum atomic E-state index is -0.911. The average molecular weight is 283 g/mol. The van der Waals surface area contributed by atoms with E-state index in [2.05, 4.69) is 10.2 Å². The van der Waals surface area contributed by atoms with E-state index in [1.54, 1.807) is 4.90 Å². The molecule has 1 saturated carbocycles. The number of carbonyl (C=O) groups is 2. The maximum absolute atomic E-state index is 12.2. The Morgan fingerprint density at radius 3 is 2.40 bits per heavy atom. The predicted octanol–water partition coefficient (Wildman–Crippen LogP) is -0.424. The van der Waals surface area contributed by atoms with E-state index in [1.807, 2.05) is 0 Å². The van der Waals surface area contributed by atoms with E-state index in [1.165, 1.54) is 12.8 Å². The fourth-order valence-electron chi connectivity index (χ4n) is 2.92. The molecule has 0 aromatic carbocycles. The van der Waals surface area contributed by atoms with Crippen LogP contribution in [0.3, 0.4) is 0 Å². The van der Waals surface area contributed by atoms with Crippen molar-refractivity contribution >= 4 is 12.0 Å². The zero-order chi connectivity index (χ0) is 14.1. The van der Waals surface area contributed by atoms with Gasteiger partial charge in [-0.3, -0.25) is 9.69 Å². The van der Waals surface area contributed by atoms with E-state index in [-0.39, 0.29) is 19.2 Å². The highest BCUT2D eigenvalue weighted by molar-refractivity contribution is 5.77. The monoisotopic (exact) mass is 283 g/mol. The van der Waals surface area contributed by atoms with Gasteiger partial charge < -0.3 is 20.1 Å². The molecule has 3 aliphatic rings. The first kappa shape index (κ1) is 13.6. The Balaban J connectivity index is 1.48. The van der Waals surface area contributed by atoms with Gasteiger partial charge in [-0.25, -0.2) is 4.79 Å². The third-order valence-corrected chi connectivity index (χ3v) is 4.37. The van der Waals surface area contributed by atoms with Crippen LogP contribution in [0.25, 0.3) is 0 Å². The third kappa shape index (κ3) is 2.88. The molecule has 2 amide bonds. The van der Waals surface area contributed by atoms with Crippen LogP contribution in [0, 0.1) is 5.92 Å². The van der Waals surface area contributed by atoms with Crippen LogP contribution in [0.15, 0.2) is 0 Å². The fraction of sp³-hybridized carbons (Fsp3) is 0.846. The van der Waals surface area contributed by atoms with Gasteiger partial charge >= 0.3 is 12.0 Å². The summed E-state index contributed by atoms with van der Waals surface area (Å²) in [6, 6.07) is 0.156. The van der Waals surface area contributed by atoms with Gasteiger partial charge in [0.05, 0.1) is 19.3 Å². The SMILES string of the molecule is O=C(O)C1COCC1NC(=O)N1CCN(C2CC2)CC1. The number of amides is 2. The molecule has 0 aromatic rings. The highest BCUT2D eigenvalue weighted by Crippen LogP contribution is 2.27. The van der Waals surface area contributed by atoms with Crippen LogP contribution >= 0.6 is 0 Å². The molecule has 20 heavy (non-hydrogen) atoms. The van der Waals surface area contributed by atoms with E-state index in [0.29, 0.717) is 13.1 Å². The number of piperazine rings is 1. The topological polar surface area (TPSA) is 82.1 Å². The molecular formula is C13H21N3O4. The summed E-state index contributed by atoms with van der Waals surface area (Å²) >= 11 is 0. The Morgan fingerprint density at radius 1 is 1.10 bits per heavy atom. The van der Waals surface area contributed by atoms with Crippen molar-refractivity contribution in [2.75, 3.05) is 39.4 Å². The number of carbonyl (C=O) groups excluding carboxylic acids is 1. The molecule has 2 aliphatic heterocycles. The number of aliphatic carboxylic acids is 1. The third-order valence-electron chi connectivity index (χ3n) is 4.37. The molecule has 7 nitrogen and oxygen atoms in total. The lowest BCUT2D eigenvalue weighted by molar-refractivity contribution is -0.142. The van der Waals surface area contributed by atoms with Crippen molar-refractivity contribution in [2.24, 2.45) is 5.92 Å². The number of rotatable bonds is 3. The zero-order valence-electron chi connectivity index (χ0n) is 11.5. The largest absolute Gasteiger partial charge is 0.481 e. The quantitative estimate of drug-likeness (QED) is 0.735. The van der Waals surface area contributed by atoms with Crippen molar-refractivity contribution in [1.82, 2.24) is 15.1 Å². The summed E-state index contributed by atoms with van der Waals surface area (Å²) in [6.07, 6.45) is 2.57. The summed E-state index contributed by atoms with van der Waals surface area (Å²) in [5.74, 6) is -1.54. The second kappa shape index (κ2) is 5.57. The van der Waals surface area contributed by atoms with Gasteiger partial charge in [0.2, 0.25) is 0 Å². The van der Waals surface area contributed by atoms with Crippen LogP contribution in [0.1, 0.15) is 12.8 Å². The standard InChI is InChI=1S/C13H21N3O4/c17-12(18)10-7-20-8-11(10)14-13(19)16-5-3-15(4-6-16)9-1-2-9/h9-11H,1-8H2,(H,14,19)(H,17,18). The van der Waals surface area contributed by atoms with Gasteiger partial charge in [0.1, 0.15) is 5.92 Å². The predicted molar refractivity (Wildman–Crippen MR) is 70.4 cm³/mol. The molecule has 0 spiro atoms. The Kier molecular flexibility index (Phi) is 3.80. The molecular weight excluding hydrogens is 262 g/mol. The van der Waals surface area contributed by atoms with E-state index >= 15 is 0 Å². The summed E-state index contributed by atoms with van der Waals surface area (Å²) in [5, 5.41) is 11.9. The number of hydrogen-bond acceptors (Lipinski definition) is 4. The minimum Gasteiger partial charge on any atom is -0.481 e. The van der Waals surface area contributed by atoms with Gasteiger partial charge in [0.15, 0.2) is 0 Å². The van der Waals surface area contributed by atoms with Gasteiger partial charge in [-0.15, -0.1) is 0 Å². The molecule has 2 atom stereocenters. The summed E-state index contributed by atoms with van der Waals surface area (Å²) in [6.45, 7) is 3.73. The Hall–Kier alpha value is -1.34. The van der Waals surface area contributed by atoms with Gasteiger partial charge in [0, 0.05) is 32.2 Å². The fourth-order valence-corrected chi connectivity index (χ4v) is 2.92. The highest BCUT2D eigenvalue weighted by atomic mass is 16.5. The van der Waals surface area contributed by atoms with Crippen molar-refractivity contribution in [1.29, 1.82) is 0 Å². The lowest BCUT2D eigenvalue weighted by Crippen LogP contribution is -2.55. The molecule has 0 bridgehead atoms. The van der Waals surface area contributed by atoms with Crippen LogP contribution in [0.2, 0.25) is 0 Å². The van der Waals surface area contributed by atoms with Crippen molar-refractivity contribution in [3.8, 4) is 0 Å². The number of ether oxygens (including phenoxy) is 1. The molecule has 3 rings (SSSR count). The number of hydrogen-bond donors (Lipinski definition) is 2. The Bertz CT molecular complexity index is 391. The van der Waals surface area contributed by atoms with E-state index in [0.717, 1.165) is 19.1 Å². The van der Waals surface area contributed by atoms with Crippen molar-refractivity contribution in [2.45, 2.75) is 24.9 Å². The van der Waals surface area contributed by atoms with Crippen LogP contribution in [-0.4, -0.2) is 78.4 Å².